The van der Waals surface area contributed by atoms with Gasteiger partial charge in [0, 0.05) is 30.7 Å². The Kier molecular flexibility index (Phi) is 4.38. The zero-order chi connectivity index (χ0) is 18.0. The first-order valence-electron chi connectivity index (χ1n) is 7.34. The number of anilines is 1. The second kappa shape index (κ2) is 6.64. The third-order valence-electron chi connectivity index (χ3n) is 3.60. The van der Waals surface area contributed by atoms with E-state index in [1.54, 1.807) is 17.8 Å². The molecule has 0 saturated heterocycles. The summed E-state index contributed by atoms with van der Waals surface area (Å²) in [5, 5.41) is 2.46. The molecule has 0 aliphatic rings. The lowest BCUT2D eigenvalue weighted by molar-refractivity contribution is 0.101. The van der Waals surface area contributed by atoms with Crippen molar-refractivity contribution in [2.45, 2.75) is 0 Å². The average Bonchev–Trinajstić information content (AvgIpc) is 3.03. The Morgan fingerprint density at radius 3 is 2.44 bits per heavy atom. The fourth-order valence-electron chi connectivity index (χ4n) is 2.29. The third kappa shape index (κ3) is 3.45. The number of aromatic nitrogens is 2. The van der Waals surface area contributed by atoms with Gasteiger partial charge in [0.2, 0.25) is 5.78 Å². The van der Waals surface area contributed by atoms with Gasteiger partial charge in [0.25, 0.3) is 5.91 Å². The van der Waals surface area contributed by atoms with E-state index in [2.05, 4.69) is 10.3 Å². The van der Waals surface area contributed by atoms with Gasteiger partial charge in [-0.25, -0.2) is 13.8 Å². The zero-order valence-corrected chi connectivity index (χ0v) is 13.2. The first kappa shape index (κ1) is 16.5. The summed E-state index contributed by atoms with van der Waals surface area (Å²) in [6.07, 6.45) is 3.19. The van der Waals surface area contributed by atoms with Gasteiger partial charge in [-0.1, -0.05) is 0 Å². The normalized spacial score (nSPS) is 10.5. The second-order valence-corrected chi connectivity index (χ2v) is 5.35. The Hall–Kier alpha value is -3.35. The van der Waals surface area contributed by atoms with E-state index in [-0.39, 0.29) is 5.78 Å². The summed E-state index contributed by atoms with van der Waals surface area (Å²) in [5.41, 5.74) is 0.349. The molecule has 0 bridgehead atoms. The minimum Gasteiger partial charge on any atom is -0.331 e. The predicted octanol–water partition coefficient (Wildman–Crippen LogP) is 3.18. The Balaban J connectivity index is 1.77. The minimum absolute atomic E-state index is 0.262. The number of carbonyl (C=O) groups excluding carboxylic acids is 2. The summed E-state index contributed by atoms with van der Waals surface area (Å²) in [6, 6.07) is 8.70. The van der Waals surface area contributed by atoms with Gasteiger partial charge in [0.1, 0.15) is 11.6 Å². The standard InChI is InChI=1S/C18H13F2N3O2/c1-23-9-8-21-17(23)16(24)11-2-5-13(6-3-11)22-18(25)14-10-12(19)4-7-15(14)20/h2-10H,1H3,(H,22,25). The first-order valence-corrected chi connectivity index (χ1v) is 7.34. The number of halogens is 2. The van der Waals surface area contributed by atoms with Crippen molar-refractivity contribution >= 4 is 17.4 Å². The topological polar surface area (TPSA) is 64.0 Å². The molecular formula is C18H13F2N3O2. The molecule has 0 aliphatic carbocycles. The van der Waals surface area contributed by atoms with Crippen LogP contribution in [0.1, 0.15) is 26.5 Å². The molecule has 0 aliphatic heterocycles. The lowest BCUT2D eigenvalue weighted by atomic mass is 10.1. The number of hydrogen-bond donors (Lipinski definition) is 1. The van der Waals surface area contributed by atoms with Crippen molar-refractivity contribution in [3.8, 4) is 0 Å². The molecule has 3 aromatic rings. The molecule has 0 fully saturated rings. The van der Waals surface area contributed by atoms with Crippen LogP contribution in [-0.4, -0.2) is 21.2 Å². The summed E-state index contributed by atoms with van der Waals surface area (Å²) in [7, 11) is 1.71. The molecule has 2 aromatic carbocycles. The molecule has 1 amide bonds. The molecule has 7 heteroatoms. The van der Waals surface area contributed by atoms with Crippen molar-refractivity contribution in [1.29, 1.82) is 0 Å². The van der Waals surface area contributed by atoms with E-state index in [0.29, 0.717) is 17.1 Å². The SMILES string of the molecule is Cn1ccnc1C(=O)c1ccc(NC(=O)c2cc(F)ccc2F)cc1. The van der Waals surface area contributed by atoms with E-state index in [0.717, 1.165) is 18.2 Å². The van der Waals surface area contributed by atoms with Gasteiger partial charge in [-0.05, 0) is 42.5 Å². The number of benzene rings is 2. The summed E-state index contributed by atoms with van der Waals surface area (Å²) >= 11 is 0. The largest absolute Gasteiger partial charge is 0.331 e. The second-order valence-electron chi connectivity index (χ2n) is 5.35. The predicted molar refractivity (Wildman–Crippen MR) is 87.4 cm³/mol. The van der Waals surface area contributed by atoms with Crippen LogP contribution >= 0.6 is 0 Å². The number of nitrogens with zero attached hydrogens (tertiary/aromatic N) is 2. The highest BCUT2D eigenvalue weighted by atomic mass is 19.1. The molecule has 1 aromatic heterocycles. The average molecular weight is 341 g/mol. The zero-order valence-electron chi connectivity index (χ0n) is 13.2. The van der Waals surface area contributed by atoms with Crippen molar-refractivity contribution in [1.82, 2.24) is 9.55 Å². The number of nitrogens with one attached hydrogen (secondary N) is 1. The molecule has 1 N–H and O–H groups in total. The van der Waals surface area contributed by atoms with Gasteiger partial charge in [-0.2, -0.15) is 0 Å². The van der Waals surface area contributed by atoms with Gasteiger partial charge in [0.05, 0.1) is 5.56 Å². The van der Waals surface area contributed by atoms with Crippen LogP contribution in [0.2, 0.25) is 0 Å². The Morgan fingerprint density at radius 1 is 1.08 bits per heavy atom. The Labute approximate surface area is 141 Å². The fraction of sp³-hybridized carbons (Fsp3) is 0.0556. The van der Waals surface area contributed by atoms with Crippen molar-refractivity contribution < 1.29 is 18.4 Å². The number of rotatable bonds is 4. The molecule has 3 rings (SSSR count). The summed E-state index contributed by atoms with van der Waals surface area (Å²) in [5.74, 6) is -2.27. The molecule has 1 heterocycles. The highest BCUT2D eigenvalue weighted by molar-refractivity contribution is 6.07. The van der Waals surface area contributed by atoms with E-state index in [4.69, 9.17) is 0 Å². The van der Waals surface area contributed by atoms with Crippen LogP contribution in [0.15, 0.2) is 54.9 Å². The Morgan fingerprint density at radius 2 is 1.80 bits per heavy atom. The van der Waals surface area contributed by atoms with Crippen LogP contribution in [0.5, 0.6) is 0 Å². The summed E-state index contributed by atoms with van der Waals surface area (Å²) in [6.45, 7) is 0. The highest BCUT2D eigenvalue weighted by Crippen LogP contribution is 2.16. The molecule has 0 atom stereocenters. The van der Waals surface area contributed by atoms with E-state index >= 15 is 0 Å². The molecule has 0 radical (unpaired) electrons. The summed E-state index contributed by atoms with van der Waals surface area (Å²) in [4.78, 5) is 28.3. The number of carbonyl (C=O) groups is 2. The van der Waals surface area contributed by atoms with Crippen LogP contribution in [0.25, 0.3) is 0 Å². The number of aryl methyl sites for hydroxylation is 1. The van der Waals surface area contributed by atoms with Gasteiger partial charge in [0.15, 0.2) is 5.82 Å². The maximum absolute atomic E-state index is 13.6. The molecule has 0 spiro atoms. The Bertz CT molecular complexity index is 949. The molecule has 0 saturated carbocycles. The van der Waals surface area contributed by atoms with Gasteiger partial charge in [-0.15, -0.1) is 0 Å². The number of amides is 1. The van der Waals surface area contributed by atoms with E-state index in [9.17, 15) is 18.4 Å². The fourth-order valence-corrected chi connectivity index (χ4v) is 2.29. The lowest BCUT2D eigenvalue weighted by Gasteiger charge is -2.07. The monoisotopic (exact) mass is 341 g/mol. The third-order valence-corrected chi connectivity index (χ3v) is 3.60. The van der Waals surface area contributed by atoms with Gasteiger partial charge in [-0.3, -0.25) is 9.59 Å². The number of ketones is 1. The molecule has 126 valence electrons. The van der Waals surface area contributed by atoms with Gasteiger partial charge < -0.3 is 9.88 Å². The van der Waals surface area contributed by atoms with Gasteiger partial charge >= 0.3 is 0 Å². The lowest BCUT2D eigenvalue weighted by Crippen LogP contribution is -2.14. The maximum Gasteiger partial charge on any atom is 0.258 e. The van der Waals surface area contributed by atoms with E-state index in [1.807, 2.05) is 0 Å². The van der Waals surface area contributed by atoms with Crippen molar-refractivity contribution in [3.63, 3.8) is 0 Å². The van der Waals surface area contributed by atoms with Crippen LogP contribution in [-0.2, 0) is 7.05 Å². The highest BCUT2D eigenvalue weighted by Gasteiger charge is 2.15. The van der Waals surface area contributed by atoms with Crippen molar-refractivity contribution in [3.05, 3.63) is 83.4 Å². The number of imidazole rings is 1. The molecule has 0 unspecified atom stereocenters. The molecule has 5 nitrogen and oxygen atoms in total. The quantitative estimate of drug-likeness (QED) is 0.741. The van der Waals surface area contributed by atoms with Crippen molar-refractivity contribution in [2.24, 2.45) is 7.05 Å². The van der Waals surface area contributed by atoms with Crippen molar-refractivity contribution in [2.75, 3.05) is 5.32 Å². The number of hydrogen-bond acceptors (Lipinski definition) is 3. The van der Waals surface area contributed by atoms with E-state index in [1.165, 1.54) is 30.5 Å². The van der Waals surface area contributed by atoms with Crippen LogP contribution in [0.4, 0.5) is 14.5 Å². The maximum atomic E-state index is 13.6. The molecule has 25 heavy (non-hydrogen) atoms. The minimum atomic E-state index is -0.819. The summed E-state index contributed by atoms with van der Waals surface area (Å²) < 4.78 is 28.4. The van der Waals surface area contributed by atoms with Crippen LogP contribution in [0, 0.1) is 11.6 Å². The van der Waals surface area contributed by atoms with E-state index < -0.39 is 23.1 Å². The van der Waals surface area contributed by atoms with Crippen LogP contribution in [0.3, 0.4) is 0 Å². The first-order chi connectivity index (χ1) is 12.0. The smallest absolute Gasteiger partial charge is 0.258 e. The molecular weight excluding hydrogens is 328 g/mol. The van der Waals surface area contributed by atoms with Crippen LogP contribution < -0.4 is 5.32 Å².